The third kappa shape index (κ3) is 2.16. The summed E-state index contributed by atoms with van der Waals surface area (Å²) in [5.41, 5.74) is -0.0310. The SMILES string of the molecule is Cn1c(=O)[nH]c2ncc(C(=O)c3ccccc3)cc2c1=O. The zero-order valence-electron chi connectivity index (χ0n) is 11.2. The molecule has 0 amide bonds. The van der Waals surface area contributed by atoms with Crippen molar-refractivity contribution in [1.29, 1.82) is 0 Å². The first-order valence-corrected chi connectivity index (χ1v) is 6.27. The smallest absolute Gasteiger partial charge is 0.291 e. The van der Waals surface area contributed by atoms with Gasteiger partial charge < -0.3 is 0 Å². The fraction of sp³-hybridized carbons (Fsp3) is 0.0667. The van der Waals surface area contributed by atoms with Crippen molar-refractivity contribution in [3.05, 3.63) is 74.6 Å². The second kappa shape index (κ2) is 4.82. The van der Waals surface area contributed by atoms with Crippen molar-refractivity contribution in [3.63, 3.8) is 0 Å². The van der Waals surface area contributed by atoms with Gasteiger partial charge in [-0.05, 0) is 6.07 Å². The number of benzene rings is 1. The molecule has 3 aromatic rings. The van der Waals surface area contributed by atoms with Gasteiger partial charge >= 0.3 is 5.69 Å². The number of aromatic nitrogens is 3. The Morgan fingerprint density at radius 1 is 1.14 bits per heavy atom. The molecule has 0 fully saturated rings. The Bertz CT molecular complexity index is 955. The molecule has 104 valence electrons. The van der Waals surface area contributed by atoms with E-state index in [-0.39, 0.29) is 16.8 Å². The largest absolute Gasteiger partial charge is 0.329 e. The van der Waals surface area contributed by atoms with E-state index in [1.807, 2.05) is 6.07 Å². The van der Waals surface area contributed by atoms with E-state index in [0.29, 0.717) is 11.1 Å². The lowest BCUT2D eigenvalue weighted by atomic mass is 10.0. The van der Waals surface area contributed by atoms with Crippen LogP contribution in [0.2, 0.25) is 0 Å². The molecule has 0 aliphatic carbocycles. The fourth-order valence-corrected chi connectivity index (χ4v) is 2.07. The summed E-state index contributed by atoms with van der Waals surface area (Å²) >= 11 is 0. The Morgan fingerprint density at radius 2 is 1.86 bits per heavy atom. The number of ketones is 1. The molecule has 0 bridgehead atoms. The van der Waals surface area contributed by atoms with Crippen molar-refractivity contribution in [1.82, 2.24) is 14.5 Å². The Balaban J connectivity index is 2.20. The van der Waals surface area contributed by atoms with Crippen LogP contribution in [-0.2, 0) is 7.05 Å². The summed E-state index contributed by atoms with van der Waals surface area (Å²) in [6, 6.07) is 10.2. The Hall–Kier alpha value is -3.02. The predicted molar refractivity (Wildman–Crippen MR) is 77.5 cm³/mol. The fourth-order valence-electron chi connectivity index (χ4n) is 2.07. The molecule has 6 nitrogen and oxygen atoms in total. The Morgan fingerprint density at radius 3 is 2.57 bits per heavy atom. The highest BCUT2D eigenvalue weighted by molar-refractivity contribution is 6.09. The minimum absolute atomic E-state index is 0.174. The molecule has 6 heteroatoms. The molecule has 21 heavy (non-hydrogen) atoms. The molecule has 2 aromatic heterocycles. The highest BCUT2D eigenvalue weighted by atomic mass is 16.2. The molecule has 0 saturated heterocycles. The van der Waals surface area contributed by atoms with Gasteiger partial charge in [0, 0.05) is 24.4 Å². The van der Waals surface area contributed by atoms with Crippen molar-refractivity contribution < 1.29 is 4.79 Å². The van der Waals surface area contributed by atoms with Crippen LogP contribution in [0.5, 0.6) is 0 Å². The first-order chi connectivity index (χ1) is 10.1. The lowest BCUT2D eigenvalue weighted by molar-refractivity contribution is 0.103. The first-order valence-electron chi connectivity index (χ1n) is 6.27. The van der Waals surface area contributed by atoms with Gasteiger partial charge in [-0.1, -0.05) is 30.3 Å². The van der Waals surface area contributed by atoms with E-state index < -0.39 is 11.2 Å². The number of carbonyl (C=O) groups is 1. The van der Waals surface area contributed by atoms with Gasteiger partial charge in [0.15, 0.2) is 5.78 Å². The van der Waals surface area contributed by atoms with Gasteiger partial charge in [-0.15, -0.1) is 0 Å². The summed E-state index contributed by atoms with van der Waals surface area (Å²) in [6.45, 7) is 0. The average molecular weight is 281 g/mol. The van der Waals surface area contributed by atoms with Crippen LogP contribution in [0.25, 0.3) is 11.0 Å². The third-order valence-corrected chi connectivity index (χ3v) is 3.25. The topological polar surface area (TPSA) is 84.8 Å². The Kier molecular flexibility index (Phi) is 2.98. The van der Waals surface area contributed by atoms with Crippen LogP contribution in [0.4, 0.5) is 0 Å². The van der Waals surface area contributed by atoms with Gasteiger partial charge in [-0.2, -0.15) is 0 Å². The molecule has 1 N–H and O–H groups in total. The normalized spacial score (nSPS) is 10.7. The van der Waals surface area contributed by atoms with Crippen molar-refractivity contribution in [2.75, 3.05) is 0 Å². The molecular weight excluding hydrogens is 270 g/mol. The number of hydrogen-bond donors (Lipinski definition) is 1. The highest BCUT2D eigenvalue weighted by Gasteiger charge is 2.12. The first kappa shape index (κ1) is 13.0. The number of H-pyrrole nitrogens is 1. The van der Waals surface area contributed by atoms with Crippen LogP contribution in [0, 0.1) is 0 Å². The van der Waals surface area contributed by atoms with Gasteiger partial charge in [-0.25, -0.2) is 9.78 Å². The summed E-state index contributed by atoms with van der Waals surface area (Å²) in [5, 5.41) is 0.207. The minimum Gasteiger partial charge on any atom is -0.291 e. The Labute approximate surface area is 118 Å². The van der Waals surface area contributed by atoms with Gasteiger partial charge in [0.05, 0.1) is 5.39 Å². The average Bonchev–Trinajstić information content (AvgIpc) is 2.53. The molecule has 2 heterocycles. The summed E-state index contributed by atoms with van der Waals surface area (Å²) in [4.78, 5) is 42.4. The number of rotatable bonds is 2. The minimum atomic E-state index is -0.540. The third-order valence-electron chi connectivity index (χ3n) is 3.25. The van der Waals surface area contributed by atoms with Crippen LogP contribution < -0.4 is 11.2 Å². The standard InChI is InChI=1S/C15H11N3O3/c1-18-14(20)11-7-10(8-16-13(11)17-15(18)21)12(19)9-5-3-2-4-6-9/h2-8H,1H3,(H,16,17,21). The number of nitrogens with zero attached hydrogens (tertiary/aromatic N) is 2. The number of fused-ring (bicyclic) bond motifs is 1. The molecule has 0 spiro atoms. The van der Waals surface area contributed by atoms with E-state index in [1.54, 1.807) is 24.3 Å². The molecule has 0 aliphatic heterocycles. The lowest BCUT2D eigenvalue weighted by Crippen LogP contribution is -2.32. The van der Waals surface area contributed by atoms with E-state index in [0.717, 1.165) is 4.57 Å². The lowest BCUT2D eigenvalue weighted by Gasteiger charge is -2.03. The zero-order chi connectivity index (χ0) is 15.0. The summed E-state index contributed by atoms with van der Waals surface area (Å²) < 4.78 is 0.945. The maximum absolute atomic E-state index is 12.3. The molecule has 0 atom stereocenters. The molecule has 0 saturated carbocycles. The second-order valence-corrected chi connectivity index (χ2v) is 4.61. The van der Waals surface area contributed by atoms with Gasteiger partial charge in [0.25, 0.3) is 5.56 Å². The van der Waals surface area contributed by atoms with Crippen molar-refractivity contribution in [2.45, 2.75) is 0 Å². The molecule has 3 rings (SSSR count). The number of carbonyl (C=O) groups excluding carboxylic acids is 1. The van der Waals surface area contributed by atoms with E-state index in [1.165, 1.54) is 19.3 Å². The summed E-state index contributed by atoms with van der Waals surface area (Å²) in [5.74, 6) is -0.224. The van der Waals surface area contributed by atoms with Crippen LogP contribution in [-0.4, -0.2) is 20.3 Å². The van der Waals surface area contributed by atoms with E-state index in [4.69, 9.17) is 0 Å². The predicted octanol–water partition coefficient (Wildman–Crippen LogP) is 0.853. The van der Waals surface area contributed by atoms with E-state index >= 15 is 0 Å². The van der Waals surface area contributed by atoms with Crippen molar-refractivity contribution in [3.8, 4) is 0 Å². The van der Waals surface area contributed by atoms with Crippen LogP contribution in [0.3, 0.4) is 0 Å². The summed E-state index contributed by atoms with van der Waals surface area (Å²) in [6.07, 6.45) is 1.35. The van der Waals surface area contributed by atoms with E-state index in [9.17, 15) is 14.4 Å². The molecule has 0 aliphatic rings. The number of hydrogen-bond acceptors (Lipinski definition) is 4. The van der Waals surface area contributed by atoms with Gasteiger partial charge in [0.2, 0.25) is 0 Å². The molecular formula is C15H11N3O3. The second-order valence-electron chi connectivity index (χ2n) is 4.61. The maximum atomic E-state index is 12.3. The molecule has 1 aromatic carbocycles. The van der Waals surface area contributed by atoms with Crippen LogP contribution in [0.1, 0.15) is 15.9 Å². The monoisotopic (exact) mass is 281 g/mol. The zero-order valence-corrected chi connectivity index (χ0v) is 11.2. The van der Waals surface area contributed by atoms with Crippen LogP contribution in [0.15, 0.2) is 52.2 Å². The van der Waals surface area contributed by atoms with Gasteiger partial charge in [0.1, 0.15) is 5.65 Å². The molecule has 0 unspecified atom stereocenters. The number of nitrogens with one attached hydrogen (secondary N) is 1. The maximum Gasteiger partial charge on any atom is 0.329 e. The molecule has 0 radical (unpaired) electrons. The van der Waals surface area contributed by atoms with Gasteiger partial charge in [-0.3, -0.25) is 19.1 Å². The quantitative estimate of drug-likeness (QED) is 0.706. The van der Waals surface area contributed by atoms with Crippen molar-refractivity contribution >= 4 is 16.8 Å². The van der Waals surface area contributed by atoms with Crippen molar-refractivity contribution in [2.24, 2.45) is 7.05 Å². The summed E-state index contributed by atoms with van der Waals surface area (Å²) in [7, 11) is 1.37. The van der Waals surface area contributed by atoms with E-state index in [2.05, 4.69) is 9.97 Å². The number of pyridine rings is 1. The number of aromatic amines is 1. The van der Waals surface area contributed by atoms with Crippen LogP contribution >= 0.6 is 0 Å². The highest BCUT2D eigenvalue weighted by Crippen LogP contribution is 2.11.